The summed E-state index contributed by atoms with van der Waals surface area (Å²) in [6.45, 7) is 14.7. The van der Waals surface area contributed by atoms with Gasteiger partial charge in [-0.3, -0.25) is 4.79 Å². The van der Waals surface area contributed by atoms with Crippen LogP contribution < -0.4 is 0 Å². The molecule has 11 aliphatic rings. The molecule has 0 radical (unpaired) electrons. The summed E-state index contributed by atoms with van der Waals surface area (Å²) < 4.78 is 55.6. The summed E-state index contributed by atoms with van der Waals surface area (Å²) in [6, 6.07) is 0. The maximum absolute atomic E-state index is 13.9. The Hall–Kier alpha value is -1.59. The number of fused-ring (bicyclic) bond motifs is 7. The molecule has 0 aromatic carbocycles. The quantitative estimate of drug-likeness (QED) is 0.0692. The van der Waals surface area contributed by atoms with E-state index in [0.29, 0.717) is 25.7 Å². The van der Waals surface area contributed by atoms with Gasteiger partial charge >= 0.3 is 5.97 Å². The third kappa shape index (κ3) is 8.34. The number of carbonyl (C=O) groups excluding carboxylic acids is 1. The van der Waals surface area contributed by atoms with Crippen LogP contribution in [-0.2, 0) is 47.4 Å². The van der Waals surface area contributed by atoms with Crippen LogP contribution in [0.4, 0.5) is 0 Å². The summed E-state index contributed by atoms with van der Waals surface area (Å²) in [5.74, 6) is -0.192. The zero-order valence-electron chi connectivity index (χ0n) is 44.3. The van der Waals surface area contributed by atoms with Gasteiger partial charge in [-0.15, -0.1) is 0 Å². The highest BCUT2D eigenvalue weighted by molar-refractivity contribution is 5.82. The van der Waals surface area contributed by atoms with Crippen LogP contribution in [0.25, 0.3) is 0 Å². The van der Waals surface area contributed by atoms with Crippen LogP contribution in [0.3, 0.4) is 0 Å². The monoisotopic (exact) mass is 1070 g/mol. The minimum absolute atomic E-state index is 0.110. The lowest BCUT2D eigenvalue weighted by atomic mass is 9.32. The second-order valence-corrected chi connectivity index (χ2v) is 25.8. The van der Waals surface area contributed by atoms with Crippen molar-refractivity contribution in [2.75, 3.05) is 19.8 Å². The van der Waals surface area contributed by atoms with Crippen molar-refractivity contribution in [3.8, 4) is 0 Å². The number of esters is 1. The Labute approximate surface area is 437 Å². The lowest BCUT2D eigenvalue weighted by molar-refractivity contribution is -0.401. The van der Waals surface area contributed by atoms with Crippen molar-refractivity contribution < 1.29 is 109 Å². The molecule has 75 heavy (non-hydrogen) atoms. The molecule has 10 fully saturated rings. The normalized spacial score (nSPS) is 57.4. The van der Waals surface area contributed by atoms with Crippen LogP contribution >= 0.6 is 0 Å². The molecule has 0 aromatic heterocycles. The molecule has 22 nitrogen and oxygen atoms in total. The molecule has 4 saturated carbocycles. The average Bonchev–Trinajstić information content (AvgIpc) is 3.36. The first-order chi connectivity index (χ1) is 35.1. The van der Waals surface area contributed by atoms with Gasteiger partial charge in [0, 0.05) is 5.92 Å². The Balaban J connectivity index is 0.936. The third-order valence-corrected chi connectivity index (χ3v) is 21.9. The molecule has 0 amide bonds. The van der Waals surface area contributed by atoms with E-state index in [1.165, 1.54) is 12.5 Å². The van der Waals surface area contributed by atoms with Crippen molar-refractivity contribution >= 4 is 5.97 Å². The van der Waals surface area contributed by atoms with Crippen LogP contribution in [-0.4, -0.2) is 221 Å². The second kappa shape index (κ2) is 19.6. The molecule has 29 atom stereocenters. The number of carbonyl (C=O) groups is 1. The van der Waals surface area contributed by atoms with Gasteiger partial charge in [-0.1, -0.05) is 46.3 Å². The molecule has 1 unspecified atom stereocenters. The third-order valence-electron chi connectivity index (χ3n) is 21.9. The highest BCUT2D eigenvalue weighted by atomic mass is 16.8. The Morgan fingerprint density at radius 1 is 0.600 bits per heavy atom. The van der Waals surface area contributed by atoms with Crippen LogP contribution in [0, 0.1) is 44.8 Å². The van der Waals surface area contributed by atoms with Crippen molar-refractivity contribution in [2.24, 2.45) is 44.8 Å². The number of ether oxygens (including phenoxy) is 9. The first-order valence-electron chi connectivity index (χ1n) is 27.3. The molecular formula is C53H84O22. The Bertz CT molecular complexity index is 2140. The smallest absolute Gasteiger partial charge is 0.313 e. The number of hydrogen-bond donors (Lipinski definition) is 12. The summed E-state index contributed by atoms with van der Waals surface area (Å²) >= 11 is 0. The fourth-order valence-corrected chi connectivity index (χ4v) is 16.9. The zero-order valence-corrected chi connectivity index (χ0v) is 44.3. The zero-order chi connectivity index (χ0) is 54.5. The van der Waals surface area contributed by atoms with Gasteiger partial charge in [0.1, 0.15) is 96.7 Å². The molecule has 0 aromatic rings. The number of aliphatic hydroxyl groups is 12. The van der Waals surface area contributed by atoms with Gasteiger partial charge in [0.15, 0.2) is 25.2 Å². The summed E-state index contributed by atoms with van der Waals surface area (Å²) in [6.07, 6.45) is -23.3. The van der Waals surface area contributed by atoms with E-state index in [4.69, 9.17) is 42.6 Å². The van der Waals surface area contributed by atoms with Crippen LogP contribution in [0.2, 0.25) is 0 Å². The maximum Gasteiger partial charge on any atom is 0.313 e. The van der Waals surface area contributed by atoms with E-state index in [1.807, 2.05) is 13.8 Å². The lowest BCUT2D eigenvalue weighted by Gasteiger charge is -2.73. The fraction of sp³-hybridized carbons (Fsp3) is 0.943. The van der Waals surface area contributed by atoms with E-state index in [9.17, 15) is 66.1 Å². The van der Waals surface area contributed by atoms with Gasteiger partial charge in [-0.2, -0.15) is 0 Å². The standard InChI is InChI=1S/C53H84O22/c1-22-30(57)33(60)36(63)42(68-22)74-40-38(72-45-39(35(62)32(59)26(20-55)70-45)73-43-37(64)34(61)31(58)25(19-54)69-43)24(56)21-67-44(40)71-29-12-13-48(4)27(47(29,2)3)11-14-50(6)28(48)10-9-23-41-52(8,66)51(7)16-18-53(41,46(65)75-51)17-15-49(23,50)5/h9,22,24-45,54-64,66H,10-21H2,1-8H3/t22-,24-,25+,26+,27?,28+,29-,30-,31+,32+,33+,34-,35-,36+,37+,38-,39+,40+,41+,42-,43-,44-,45-,48-,49+,50+,51-,52-,53+/m0/s1. The van der Waals surface area contributed by atoms with E-state index >= 15 is 0 Å². The lowest BCUT2D eigenvalue weighted by Crippen LogP contribution is -2.75. The molecule has 5 aliphatic carbocycles. The summed E-state index contributed by atoms with van der Waals surface area (Å²) in [5.41, 5.74) is -2.99. The molecule has 12 N–H and O–H groups in total. The molecule has 2 bridgehead atoms. The van der Waals surface area contributed by atoms with Gasteiger partial charge in [0.05, 0.1) is 37.4 Å². The molecule has 428 valence electrons. The number of rotatable bonds is 10. The minimum atomic E-state index is -1.96. The van der Waals surface area contributed by atoms with Gasteiger partial charge in [-0.05, 0) is 112 Å². The van der Waals surface area contributed by atoms with Gasteiger partial charge in [-0.25, -0.2) is 0 Å². The van der Waals surface area contributed by atoms with E-state index in [1.54, 1.807) is 0 Å². The number of hydrogen-bond acceptors (Lipinski definition) is 22. The Kier molecular flexibility index (Phi) is 14.8. The van der Waals surface area contributed by atoms with Gasteiger partial charge < -0.3 is 104 Å². The average molecular weight is 1070 g/mol. The number of allylic oxidation sites excluding steroid dienone is 1. The maximum atomic E-state index is 13.9. The fourth-order valence-electron chi connectivity index (χ4n) is 16.9. The minimum Gasteiger partial charge on any atom is -0.456 e. The van der Waals surface area contributed by atoms with Crippen LogP contribution in [0.1, 0.15) is 113 Å². The van der Waals surface area contributed by atoms with Crippen LogP contribution in [0.15, 0.2) is 11.6 Å². The first kappa shape index (κ1) is 56.7. The highest BCUT2D eigenvalue weighted by Crippen LogP contribution is 2.77. The molecule has 6 saturated heterocycles. The molecule has 6 aliphatic heterocycles. The summed E-state index contributed by atoms with van der Waals surface area (Å²) in [5, 5.41) is 132. The van der Waals surface area contributed by atoms with Crippen molar-refractivity contribution in [3.63, 3.8) is 0 Å². The highest BCUT2D eigenvalue weighted by Gasteiger charge is 2.77. The van der Waals surface area contributed by atoms with E-state index < -0.39 is 165 Å². The molecule has 22 heteroatoms. The second-order valence-electron chi connectivity index (χ2n) is 25.8. The number of aliphatic hydroxyl groups excluding tert-OH is 11. The predicted octanol–water partition coefficient (Wildman–Crippen LogP) is -1.24. The SMILES string of the molecule is C[C@@H]1O[C@@H](O[C@H]2[C@H](O[C@H]3CC[C@@]4(C)C(CC[C@]5(C)[C@@H]4CC=C4[C@H]6[C@]7(CC[C@](C)(OC7=O)[C@@]6(C)O)CC[C@]45C)C3(C)C)OC[C@H](O)[C@@H]2O[C@@H]2O[C@H](CO)[C@@H](O)[C@H](O)[C@H]2O[C@@H]2O[C@H](CO)[C@@H](O)[C@H](O)[C@H]2O)[C@H](O)[C@H](O)[C@H]1O. The van der Waals surface area contributed by atoms with E-state index in [0.717, 1.165) is 32.1 Å². The Morgan fingerprint density at radius 3 is 1.84 bits per heavy atom. The molecular weight excluding hydrogens is 989 g/mol. The molecule has 11 rings (SSSR count). The van der Waals surface area contributed by atoms with Gasteiger partial charge in [0.25, 0.3) is 0 Å². The van der Waals surface area contributed by atoms with E-state index in [2.05, 4.69) is 40.7 Å². The van der Waals surface area contributed by atoms with E-state index in [-0.39, 0.29) is 40.0 Å². The topological polar surface area (TPSA) is 343 Å². The van der Waals surface area contributed by atoms with Crippen molar-refractivity contribution in [2.45, 2.75) is 247 Å². The largest absolute Gasteiger partial charge is 0.456 e. The van der Waals surface area contributed by atoms with Crippen molar-refractivity contribution in [1.82, 2.24) is 0 Å². The van der Waals surface area contributed by atoms with Gasteiger partial charge in [0.2, 0.25) is 0 Å². The van der Waals surface area contributed by atoms with Crippen LogP contribution in [0.5, 0.6) is 0 Å². The predicted molar refractivity (Wildman–Crippen MR) is 255 cm³/mol. The first-order valence-corrected chi connectivity index (χ1v) is 27.3. The Morgan fingerprint density at radius 2 is 1.19 bits per heavy atom. The molecule has 1 spiro atoms. The van der Waals surface area contributed by atoms with Crippen molar-refractivity contribution in [1.29, 1.82) is 0 Å². The summed E-state index contributed by atoms with van der Waals surface area (Å²) in [4.78, 5) is 13.9. The van der Waals surface area contributed by atoms with Crippen molar-refractivity contribution in [3.05, 3.63) is 11.6 Å². The summed E-state index contributed by atoms with van der Waals surface area (Å²) in [7, 11) is 0. The molecule has 6 heterocycles.